The summed E-state index contributed by atoms with van der Waals surface area (Å²) in [5, 5.41) is 6.65. The number of imide groups is 1. The lowest BCUT2D eigenvalue weighted by Crippen LogP contribution is -2.49. The Morgan fingerprint density at radius 1 is 1.03 bits per heavy atom. The maximum absolute atomic E-state index is 13.7. The number of hydrogen-bond donors (Lipinski definition) is 1. The third-order valence-electron chi connectivity index (χ3n) is 6.83. The molecule has 3 amide bonds. The molecule has 36 heavy (non-hydrogen) atoms. The van der Waals surface area contributed by atoms with Crippen LogP contribution in [0.3, 0.4) is 0 Å². The fourth-order valence-electron chi connectivity index (χ4n) is 4.99. The van der Waals surface area contributed by atoms with Gasteiger partial charge in [0.1, 0.15) is 5.82 Å². The average Bonchev–Trinajstić information content (AvgIpc) is 3.22. The summed E-state index contributed by atoms with van der Waals surface area (Å²) in [6.45, 7) is 2.00. The molecule has 2 aliphatic heterocycles. The summed E-state index contributed by atoms with van der Waals surface area (Å²) in [5.74, 6) is -0.778. The van der Waals surface area contributed by atoms with E-state index in [4.69, 9.17) is 0 Å². The zero-order valence-corrected chi connectivity index (χ0v) is 19.4. The highest BCUT2D eigenvalue weighted by atomic mass is 19.4. The highest BCUT2D eigenvalue weighted by molar-refractivity contribution is 6.07. The standard InChI is InChI=1S/C25H25F4N5O2/c26-20-11-18(10-19(13-20)25(27,28)29)15-32-5-1-16(2-6-32)9-17-3-8-34-21(12-17)22(14-30-34)33-7-4-23(35)31-24(33)36/h3,8,10-14,16H,1-2,4-7,9,15H2,(H,31,35,36). The van der Waals surface area contributed by atoms with Gasteiger partial charge < -0.3 is 0 Å². The number of piperidine rings is 1. The van der Waals surface area contributed by atoms with Gasteiger partial charge in [-0.25, -0.2) is 13.7 Å². The van der Waals surface area contributed by atoms with Crippen molar-refractivity contribution in [1.82, 2.24) is 19.8 Å². The molecule has 190 valence electrons. The Bertz CT molecular complexity index is 1300. The number of aromatic nitrogens is 2. The second-order valence-corrected chi connectivity index (χ2v) is 9.42. The molecular formula is C25H25F4N5O2. The minimum absolute atomic E-state index is 0.231. The number of hydrogen-bond acceptors (Lipinski definition) is 4. The molecule has 0 atom stereocenters. The minimum Gasteiger partial charge on any atom is -0.299 e. The first-order chi connectivity index (χ1) is 17.2. The summed E-state index contributed by atoms with van der Waals surface area (Å²) in [6.07, 6.45) is 1.68. The molecule has 2 saturated heterocycles. The second kappa shape index (κ2) is 9.53. The van der Waals surface area contributed by atoms with E-state index in [-0.39, 0.29) is 18.9 Å². The number of urea groups is 1. The number of carbonyl (C=O) groups excluding carboxylic acids is 2. The van der Waals surface area contributed by atoms with Gasteiger partial charge in [0.15, 0.2) is 0 Å². The summed E-state index contributed by atoms with van der Waals surface area (Å²) in [7, 11) is 0. The topological polar surface area (TPSA) is 70.0 Å². The van der Waals surface area contributed by atoms with Gasteiger partial charge in [-0.05, 0) is 79.7 Å². The van der Waals surface area contributed by atoms with Crippen molar-refractivity contribution in [2.45, 2.75) is 38.4 Å². The van der Waals surface area contributed by atoms with E-state index in [0.29, 0.717) is 42.9 Å². The summed E-state index contributed by atoms with van der Waals surface area (Å²) in [5.41, 5.74) is 1.88. The number of benzene rings is 1. The number of nitrogens with zero attached hydrogens (tertiary/aromatic N) is 4. The molecule has 0 radical (unpaired) electrons. The molecule has 7 nitrogen and oxygen atoms in total. The fraction of sp³-hybridized carbons (Fsp3) is 0.400. The normalized spacial score (nSPS) is 18.2. The Morgan fingerprint density at radius 3 is 2.53 bits per heavy atom. The van der Waals surface area contributed by atoms with Crippen LogP contribution in [0.4, 0.5) is 28.0 Å². The third-order valence-corrected chi connectivity index (χ3v) is 6.83. The number of likely N-dealkylation sites (tertiary alicyclic amines) is 1. The first-order valence-electron chi connectivity index (χ1n) is 11.8. The largest absolute Gasteiger partial charge is 0.416 e. The first-order valence-corrected chi connectivity index (χ1v) is 11.8. The zero-order chi connectivity index (χ0) is 25.4. The number of alkyl halides is 3. The monoisotopic (exact) mass is 503 g/mol. The van der Waals surface area contributed by atoms with Crippen LogP contribution in [-0.4, -0.2) is 46.1 Å². The number of halogens is 4. The van der Waals surface area contributed by atoms with Gasteiger partial charge >= 0.3 is 12.2 Å². The van der Waals surface area contributed by atoms with Gasteiger partial charge in [-0.3, -0.25) is 19.9 Å². The van der Waals surface area contributed by atoms with E-state index in [0.717, 1.165) is 42.5 Å². The summed E-state index contributed by atoms with van der Waals surface area (Å²) in [6, 6.07) is 6.24. The predicted molar refractivity (Wildman–Crippen MR) is 124 cm³/mol. The maximum Gasteiger partial charge on any atom is 0.416 e. The van der Waals surface area contributed by atoms with Gasteiger partial charge in [-0.15, -0.1) is 0 Å². The lowest BCUT2D eigenvalue weighted by Gasteiger charge is -2.32. The highest BCUT2D eigenvalue weighted by Crippen LogP contribution is 2.31. The minimum atomic E-state index is -4.57. The van der Waals surface area contributed by atoms with E-state index in [9.17, 15) is 27.2 Å². The van der Waals surface area contributed by atoms with E-state index in [1.165, 1.54) is 4.90 Å². The number of amides is 3. The highest BCUT2D eigenvalue weighted by Gasteiger charge is 2.32. The quantitative estimate of drug-likeness (QED) is 0.525. The molecule has 1 N–H and O–H groups in total. The molecule has 1 aromatic carbocycles. The van der Waals surface area contributed by atoms with Crippen molar-refractivity contribution >= 4 is 23.1 Å². The first kappa shape index (κ1) is 24.2. The molecule has 0 spiro atoms. The molecule has 2 aromatic heterocycles. The van der Waals surface area contributed by atoms with Crippen LogP contribution >= 0.6 is 0 Å². The van der Waals surface area contributed by atoms with Gasteiger partial charge in [0, 0.05) is 25.7 Å². The van der Waals surface area contributed by atoms with Crippen molar-refractivity contribution in [1.29, 1.82) is 0 Å². The van der Waals surface area contributed by atoms with Crippen LogP contribution in [0.2, 0.25) is 0 Å². The summed E-state index contributed by atoms with van der Waals surface area (Å²) < 4.78 is 54.4. The molecule has 2 fully saturated rings. The number of carbonyl (C=O) groups is 2. The molecule has 2 aliphatic rings. The number of rotatable bonds is 5. The Labute approximate surface area is 204 Å². The van der Waals surface area contributed by atoms with Crippen molar-refractivity contribution in [3.8, 4) is 0 Å². The maximum atomic E-state index is 13.7. The van der Waals surface area contributed by atoms with Crippen LogP contribution in [0.15, 0.2) is 42.7 Å². The van der Waals surface area contributed by atoms with Crippen molar-refractivity contribution in [3.05, 3.63) is 65.2 Å². The molecule has 11 heteroatoms. The van der Waals surface area contributed by atoms with E-state index < -0.39 is 23.6 Å². The molecule has 0 bridgehead atoms. The van der Waals surface area contributed by atoms with Crippen molar-refractivity contribution in [2.24, 2.45) is 5.92 Å². The molecule has 5 rings (SSSR count). The van der Waals surface area contributed by atoms with Crippen molar-refractivity contribution < 1.29 is 27.2 Å². The molecular weight excluding hydrogens is 478 g/mol. The number of pyridine rings is 1. The molecule has 0 unspecified atom stereocenters. The van der Waals surface area contributed by atoms with Crippen LogP contribution in [0, 0.1) is 11.7 Å². The van der Waals surface area contributed by atoms with Gasteiger partial charge in [0.05, 0.1) is 23.0 Å². The van der Waals surface area contributed by atoms with Crippen LogP contribution in [0.1, 0.15) is 36.0 Å². The number of anilines is 1. The molecule has 0 aliphatic carbocycles. The average molecular weight is 504 g/mol. The zero-order valence-electron chi connectivity index (χ0n) is 19.4. The lowest BCUT2D eigenvalue weighted by atomic mass is 9.90. The molecule has 3 aromatic rings. The Hall–Kier alpha value is -3.47. The molecule has 4 heterocycles. The number of nitrogens with one attached hydrogen (secondary N) is 1. The second-order valence-electron chi connectivity index (χ2n) is 9.42. The van der Waals surface area contributed by atoms with Gasteiger partial charge in [0.2, 0.25) is 5.91 Å². The summed E-state index contributed by atoms with van der Waals surface area (Å²) >= 11 is 0. The van der Waals surface area contributed by atoms with Crippen molar-refractivity contribution in [3.63, 3.8) is 0 Å². The van der Waals surface area contributed by atoms with E-state index in [1.54, 1.807) is 10.7 Å². The fourth-order valence-corrected chi connectivity index (χ4v) is 4.99. The Morgan fingerprint density at radius 2 is 1.81 bits per heavy atom. The third kappa shape index (κ3) is 5.20. The SMILES string of the molecule is O=C1CCN(c2cnn3ccc(CC4CCN(Cc5cc(F)cc(C(F)(F)F)c5)CC4)cc23)C(=O)N1. The lowest BCUT2D eigenvalue weighted by molar-refractivity contribution is -0.137. The van der Waals surface area contributed by atoms with Crippen LogP contribution in [-0.2, 0) is 23.9 Å². The van der Waals surface area contributed by atoms with E-state index >= 15 is 0 Å². The number of fused-ring (bicyclic) bond motifs is 1. The van der Waals surface area contributed by atoms with Gasteiger partial charge in [0.25, 0.3) is 0 Å². The van der Waals surface area contributed by atoms with Crippen LogP contribution in [0.25, 0.3) is 5.52 Å². The predicted octanol–water partition coefficient (Wildman–Crippen LogP) is 4.39. The Kier molecular flexibility index (Phi) is 6.42. The van der Waals surface area contributed by atoms with Gasteiger partial charge in [-0.2, -0.15) is 18.3 Å². The van der Waals surface area contributed by atoms with Gasteiger partial charge in [-0.1, -0.05) is 0 Å². The van der Waals surface area contributed by atoms with E-state index in [1.807, 2.05) is 18.3 Å². The van der Waals surface area contributed by atoms with Crippen LogP contribution in [0.5, 0.6) is 0 Å². The van der Waals surface area contributed by atoms with Crippen molar-refractivity contribution in [2.75, 3.05) is 24.5 Å². The van der Waals surface area contributed by atoms with Crippen LogP contribution < -0.4 is 10.2 Å². The summed E-state index contributed by atoms with van der Waals surface area (Å²) in [4.78, 5) is 27.3. The van der Waals surface area contributed by atoms with E-state index in [2.05, 4.69) is 15.3 Å². The molecule has 0 saturated carbocycles. The Balaban J connectivity index is 1.22. The smallest absolute Gasteiger partial charge is 0.299 e.